The van der Waals surface area contributed by atoms with Gasteiger partial charge in [-0.3, -0.25) is 0 Å². The van der Waals surface area contributed by atoms with Crippen molar-refractivity contribution in [3.8, 4) is 11.1 Å². The van der Waals surface area contributed by atoms with Crippen LogP contribution in [0.5, 0.6) is 0 Å². The minimum atomic E-state index is -3.77. The van der Waals surface area contributed by atoms with Crippen molar-refractivity contribution in [2.75, 3.05) is 26.4 Å². The van der Waals surface area contributed by atoms with Crippen LogP contribution in [0.3, 0.4) is 0 Å². The zero-order valence-electron chi connectivity index (χ0n) is 19.0. The molecule has 1 aliphatic rings. The van der Waals surface area contributed by atoms with Crippen LogP contribution in [0, 0.1) is 18.6 Å². The minimum Gasteiger partial charge on any atom is -0.331 e. The van der Waals surface area contributed by atoms with Gasteiger partial charge in [-0.25, -0.2) is 31.1 Å². The molecule has 2 aromatic carbocycles. The number of amides is 2. The summed E-state index contributed by atoms with van der Waals surface area (Å²) >= 11 is 0. The number of hydrogen-bond donors (Lipinski definition) is 1. The number of alkyl halides is 1. The average Bonchev–Trinajstić information content (AvgIpc) is 3.05. The van der Waals surface area contributed by atoms with Gasteiger partial charge in [0.15, 0.2) is 0 Å². The first kappa shape index (κ1) is 25.0. The monoisotopic (exact) mass is 483 g/mol. The summed E-state index contributed by atoms with van der Waals surface area (Å²) in [5, 5.41) is 0. The normalized spacial score (nSPS) is 20.8. The Morgan fingerprint density at radius 2 is 1.91 bits per heavy atom. The topological polar surface area (TPSA) is 69.7 Å². The third-order valence-corrected chi connectivity index (χ3v) is 7.27. The predicted octanol–water partition coefficient (Wildman–Crippen LogP) is 3.49. The van der Waals surface area contributed by atoms with Gasteiger partial charge < -0.3 is 9.80 Å². The third kappa shape index (κ3) is 5.33. The zero-order valence-corrected chi connectivity index (χ0v) is 19.8. The first-order chi connectivity index (χ1) is 15.4. The highest BCUT2D eigenvalue weighted by molar-refractivity contribution is 7.89. The third-order valence-electron chi connectivity index (χ3n) is 5.88. The summed E-state index contributed by atoms with van der Waals surface area (Å²) in [5.41, 5.74) is 1.28. The van der Waals surface area contributed by atoms with Crippen molar-refractivity contribution < 1.29 is 26.4 Å². The van der Waals surface area contributed by atoms with Gasteiger partial charge in [-0.15, -0.1) is 0 Å². The van der Waals surface area contributed by atoms with Crippen molar-refractivity contribution in [2.45, 2.75) is 38.5 Å². The molecule has 180 valence electrons. The van der Waals surface area contributed by atoms with Crippen molar-refractivity contribution in [3.63, 3.8) is 0 Å². The van der Waals surface area contributed by atoms with Crippen molar-refractivity contribution in [3.05, 3.63) is 59.2 Å². The number of halogens is 3. The lowest BCUT2D eigenvalue weighted by molar-refractivity contribution is 0.161. The summed E-state index contributed by atoms with van der Waals surface area (Å²) in [6.45, 7) is 2.70. The molecule has 0 unspecified atom stereocenters. The molecule has 0 bridgehead atoms. The number of carbonyl (C=O) groups excluding carboxylic acids is 1. The first-order valence-corrected chi connectivity index (χ1v) is 12.3. The molecule has 2 aromatic rings. The van der Waals surface area contributed by atoms with Gasteiger partial charge in [-0.2, -0.15) is 0 Å². The number of nitrogens with zero attached hydrogens (tertiary/aromatic N) is 2. The molecule has 6 nitrogen and oxygen atoms in total. The van der Waals surface area contributed by atoms with Gasteiger partial charge in [0.05, 0.1) is 24.4 Å². The molecule has 10 heteroatoms. The summed E-state index contributed by atoms with van der Waals surface area (Å²) in [7, 11) is -0.755. The minimum absolute atomic E-state index is 0.100. The van der Waals surface area contributed by atoms with Gasteiger partial charge in [-0.1, -0.05) is 24.3 Å². The highest BCUT2D eigenvalue weighted by atomic mass is 32.2. The molecule has 1 aliphatic heterocycles. The Morgan fingerprint density at radius 1 is 1.21 bits per heavy atom. The molecule has 0 spiro atoms. The fraction of sp³-hybridized carbons (Fsp3) is 0.435. The van der Waals surface area contributed by atoms with Gasteiger partial charge in [0.1, 0.15) is 17.8 Å². The van der Waals surface area contributed by atoms with Crippen molar-refractivity contribution in [1.29, 1.82) is 0 Å². The second-order valence-electron chi connectivity index (χ2n) is 8.41. The number of urea groups is 1. The maximum absolute atomic E-state index is 15.5. The fourth-order valence-corrected chi connectivity index (χ4v) is 4.91. The highest BCUT2D eigenvalue weighted by Crippen LogP contribution is 2.31. The molecule has 1 heterocycles. The van der Waals surface area contributed by atoms with Crippen LogP contribution in [0.15, 0.2) is 36.4 Å². The van der Waals surface area contributed by atoms with E-state index >= 15 is 4.39 Å². The molecule has 1 fully saturated rings. The lowest BCUT2D eigenvalue weighted by Crippen LogP contribution is -2.51. The van der Waals surface area contributed by atoms with E-state index in [9.17, 15) is 22.0 Å². The Balaban J connectivity index is 2.01. The molecular formula is C23H28F3N3O3S. The zero-order chi connectivity index (χ0) is 24.5. The van der Waals surface area contributed by atoms with Crippen molar-refractivity contribution in [1.82, 2.24) is 14.5 Å². The Labute approximate surface area is 192 Å². The largest absolute Gasteiger partial charge is 0.331 e. The van der Waals surface area contributed by atoms with E-state index < -0.39 is 45.9 Å². The van der Waals surface area contributed by atoms with E-state index in [-0.39, 0.29) is 29.8 Å². The van der Waals surface area contributed by atoms with E-state index in [1.807, 2.05) is 0 Å². The van der Waals surface area contributed by atoms with Gasteiger partial charge in [0.2, 0.25) is 10.0 Å². The van der Waals surface area contributed by atoms with Crippen LogP contribution in [0.4, 0.5) is 18.0 Å². The SMILES string of the molecule is CCS(=O)(=O)N[C@H]1[C@@H](F)CN(C(=O)N(C)C)[C@H]1Cc1cccc(-c2ccc(F)c(C)c2)c1F. The lowest BCUT2D eigenvalue weighted by atomic mass is 9.95. The van der Waals surface area contributed by atoms with Crippen LogP contribution in [0.25, 0.3) is 11.1 Å². The molecule has 1 saturated heterocycles. The maximum atomic E-state index is 15.5. The predicted molar refractivity (Wildman–Crippen MR) is 121 cm³/mol. The molecule has 0 aromatic heterocycles. The van der Waals surface area contributed by atoms with Crippen LogP contribution in [-0.4, -0.2) is 68.9 Å². The molecular weight excluding hydrogens is 455 g/mol. The van der Waals surface area contributed by atoms with Crippen LogP contribution < -0.4 is 4.72 Å². The average molecular weight is 484 g/mol. The summed E-state index contributed by atoms with van der Waals surface area (Å²) in [6.07, 6.45) is -1.75. The maximum Gasteiger partial charge on any atom is 0.319 e. The summed E-state index contributed by atoms with van der Waals surface area (Å²) in [6, 6.07) is 6.31. The summed E-state index contributed by atoms with van der Waals surface area (Å²) in [4.78, 5) is 15.2. The van der Waals surface area contributed by atoms with Crippen LogP contribution in [0.1, 0.15) is 18.1 Å². The summed E-state index contributed by atoms with van der Waals surface area (Å²) < 4.78 is 70.8. The second-order valence-corrected chi connectivity index (χ2v) is 10.4. The van der Waals surface area contributed by atoms with Crippen molar-refractivity contribution in [2.24, 2.45) is 0 Å². The second kappa shape index (κ2) is 9.72. The number of rotatable bonds is 6. The van der Waals surface area contributed by atoms with Gasteiger partial charge >= 0.3 is 6.03 Å². The Hall–Kier alpha value is -2.59. The number of likely N-dealkylation sites (tertiary alicyclic amines) is 1. The van der Waals surface area contributed by atoms with E-state index in [0.717, 1.165) is 0 Å². The van der Waals surface area contributed by atoms with E-state index in [4.69, 9.17) is 0 Å². The number of hydrogen-bond acceptors (Lipinski definition) is 3. The van der Waals surface area contributed by atoms with E-state index in [2.05, 4.69) is 4.72 Å². The van der Waals surface area contributed by atoms with Crippen molar-refractivity contribution >= 4 is 16.1 Å². The molecule has 2 amide bonds. The number of nitrogens with one attached hydrogen (secondary N) is 1. The molecule has 0 radical (unpaired) electrons. The van der Waals surface area contributed by atoms with Gasteiger partial charge in [0.25, 0.3) is 0 Å². The number of benzene rings is 2. The first-order valence-electron chi connectivity index (χ1n) is 10.6. The van der Waals surface area contributed by atoms with Gasteiger partial charge in [-0.05, 0) is 49.1 Å². The molecule has 3 atom stereocenters. The molecule has 1 N–H and O–H groups in total. The smallest absolute Gasteiger partial charge is 0.319 e. The Bertz CT molecular complexity index is 1140. The van der Waals surface area contributed by atoms with Crippen LogP contribution >= 0.6 is 0 Å². The molecule has 0 aliphatic carbocycles. The standard InChI is InChI=1S/C23H28F3N3O3S/c1-5-33(31,32)27-22-19(25)13-29(23(30)28(3)4)20(22)12-16-7-6-8-17(21(16)26)15-9-10-18(24)14(2)11-15/h6-11,19-20,22,27H,5,12-13H2,1-4H3/t19-,20-,22-/m0/s1. The number of aryl methyl sites for hydroxylation is 1. The quantitative estimate of drug-likeness (QED) is 0.684. The van der Waals surface area contributed by atoms with Gasteiger partial charge in [0, 0.05) is 19.7 Å². The van der Waals surface area contributed by atoms with E-state index in [1.165, 1.54) is 55.1 Å². The number of carbonyl (C=O) groups is 1. The molecule has 3 rings (SSSR count). The Morgan fingerprint density at radius 3 is 2.52 bits per heavy atom. The van der Waals surface area contributed by atoms with Crippen LogP contribution in [0.2, 0.25) is 0 Å². The number of sulfonamides is 1. The van der Waals surface area contributed by atoms with E-state index in [0.29, 0.717) is 11.1 Å². The molecule has 0 saturated carbocycles. The van der Waals surface area contributed by atoms with Crippen LogP contribution in [-0.2, 0) is 16.4 Å². The molecule has 33 heavy (non-hydrogen) atoms. The lowest BCUT2D eigenvalue weighted by Gasteiger charge is -2.30. The highest BCUT2D eigenvalue weighted by Gasteiger charge is 2.46. The Kier molecular flexibility index (Phi) is 7.38. The summed E-state index contributed by atoms with van der Waals surface area (Å²) in [5.74, 6) is -1.24. The fourth-order valence-electron chi connectivity index (χ4n) is 4.03. The van der Waals surface area contributed by atoms with E-state index in [1.54, 1.807) is 19.1 Å².